The van der Waals surface area contributed by atoms with Crippen LogP contribution >= 0.6 is 0 Å². The van der Waals surface area contributed by atoms with Crippen LogP contribution in [-0.2, 0) is 0 Å². The molecule has 0 aliphatic heterocycles. The molecule has 4 heteroatoms. The number of carbonyl (C=O) groups is 1. The first-order valence-corrected chi connectivity index (χ1v) is 6.67. The van der Waals surface area contributed by atoms with Crippen LogP contribution in [0.3, 0.4) is 0 Å². The number of hydrogen-bond donors (Lipinski definition) is 1. The maximum Gasteiger partial charge on any atom is 0.255 e. The molecular formula is C16H18N2O2. The number of anilines is 1. The zero-order valence-corrected chi connectivity index (χ0v) is 11.7. The minimum atomic E-state index is -0.150. The van der Waals surface area contributed by atoms with Gasteiger partial charge in [-0.1, -0.05) is 6.92 Å². The average Bonchev–Trinajstić information content (AvgIpc) is 2.50. The largest absolute Gasteiger partial charge is 0.491 e. The SMILES string of the molecule is CC[C@@H](C)Oc1ccc(NC(=O)c2ccncc2)cc1. The lowest BCUT2D eigenvalue weighted by molar-refractivity contribution is 0.102. The van der Waals surface area contributed by atoms with Gasteiger partial charge in [0.05, 0.1) is 6.10 Å². The van der Waals surface area contributed by atoms with E-state index in [1.807, 2.05) is 31.2 Å². The van der Waals surface area contributed by atoms with Gasteiger partial charge in [-0.05, 0) is 49.7 Å². The summed E-state index contributed by atoms with van der Waals surface area (Å²) in [7, 11) is 0. The second-order valence-electron chi connectivity index (χ2n) is 4.55. The molecule has 1 amide bonds. The summed E-state index contributed by atoms with van der Waals surface area (Å²) in [4.78, 5) is 15.8. The lowest BCUT2D eigenvalue weighted by Gasteiger charge is -2.13. The highest BCUT2D eigenvalue weighted by atomic mass is 16.5. The number of aromatic nitrogens is 1. The van der Waals surface area contributed by atoms with E-state index in [1.54, 1.807) is 24.5 Å². The van der Waals surface area contributed by atoms with Crippen LogP contribution in [0.5, 0.6) is 5.75 Å². The number of carbonyl (C=O) groups excluding carboxylic acids is 1. The molecule has 0 saturated carbocycles. The Bertz CT molecular complexity index is 552. The molecule has 0 aliphatic carbocycles. The first-order chi connectivity index (χ1) is 9.69. The Balaban J connectivity index is 1.99. The fourth-order valence-corrected chi connectivity index (χ4v) is 1.64. The Labute approximate surface area is 118 Å². The molecule has 0 radical (unpaired) electrons. The molecule has 2 rings (SSSR count). The van der Waals surface area contributed by atoms with Gasteiger partial charge < -0.3 is 10.1 Å². The molecule has 0 bridgehead atoms. The van der Waals surface area contributed by atoms with Gasteiger partial charge in [-0.2, -0.15) is 0 Å². The molecular weight excluding hydrogens is 252 g/mol. The van der Waals surface area contributed by atoms with Crippen LogP contribution in [0.25, 0.3) is 0 Å². The Morgan fingerprint density at radius 3 is 2.45 bits per heavy atom. The lowest BCUT2D eigenvalue weighted by Crippen LogP contribution is -2.12. The molecule has 1 atom stereocenters. The van der Waals surface area contributed by atoms with Gasteiger partial charge in [0.1, 0.15) is 5.75 Å². The second-order valence-corrected chi connectivity index (χ2v) is 4.55. The molecule has 1 N–H and O–H groups in total. The highest BCUT2D eigenvalue weighted by Crippen LogP contribution is 2.18. The van der Waals surface area contributed by atoms with E-state index in [0.29, 0.717) is 5.56 Å². The molecule has 0 saturated heterocycles. The molecule has 1 heterocycles. The molecule has 2 aromatic rings. The van der Waals surface area contributed by atoms with Crippen LogP contribution in [0.2, 0.25) is 0 Å². The Hall–Kier alpha value is -2.36. The Morgan fingerprint density at radius 1 is 1.20 bits per heavy atom. The zero-order chi connectivity index (χ0) is 14.4. The van der Waals surface area contributed by atoms with Crippen molar-refractivity contribution in [2.45, 2.75) is 26.4 Å². The third-order valence-corrected chi connectivity index (χ3v) is 2.97. The summed E-state index contributed by atoms with van der Waals surface area (Å²) in [5.74, 6) is 0.657. The number of ether oxygens (including phenoxy) is 1. The number of amides is 1. The molecule has 0 unspecified atom stereocenters. The van der Waals surface area contributed by atoms with E-state index < -0.39 is 0 Å². The number of nitrogens with zero attached hydrogens (tertiary/aromatic N) is 1. The quantitative estimate of drug-likeness (QED) is 0.904. The minimum Gasteiger partial charge on any atom is -0.491 e. The Morgan fingerprint density at radius 2 is 1.85 bits per heavy atom. The molecule has 0 aliphatic rings. The van der Waals surface area contributed by atoms with Gasteiger partial charge in [0.2, 0.25) is 0 Å². The normalized spacial score (nSPS) is 11.7. The van der Waals surface area contributed by atoms with Crippen molar-refractivity contribution in [3.8, 4) is 5.75 Å². The standard InChI is InChI=1S/C16H18N2O2/c1-3-12(2)20-15-6-4-14(5-7-15)18-16(19)13-8-10-17-11-9-13/h4-12H,3H2,1-2H3,(H,18,19)/t12-/m1/s1. The first kappa shape index (κ1) is 14.1. The number of benzene rings is 1. The van der Waals surface area contributed by atoms with Crippen molar-refractivity contribution in [1.82, 2.24) is 4.98 Å². The van der Waals surface area contributed by atoms with Gasteiger partial charge in [-0.15, -0.1) is 0 Å². The van der Waals surface area contributed by atoms with Gasteiger partial charge in [0.15, 0.2) is 0 Å². The monoisotopic (exact) mass is 270 g/mol. The highest BCUT2D eigenvalue weighted by molar-refractivity contribution is 6.04. The molecule has 104 valence electrons. The van der Waals surface area contributed by atoms with E-state index in [0.717, 1.165) is 17.9 Å². The van der Waals surface area contributed by atoms with Gasteiger partial charge in [-0.3, -0.25) is 9.78 Å². The summed E-state index contributed by atoms with van der Waals surface area (Å²) < 4.78 is 5.69. The number of hydrogen-bond acceptors (Lipinski definition) is 3. The summed E-state index contributed by atoms with van der Waals surface area (Å²) in [5, 5.41) is 2.83. The van der Waals surface area contributed by atoms with E-state index in [2.05, 4.69) is 17.2 Å². The van der Waals surface area contributed by atoms with Crippen LogP contribution in [0.1, 0.15) is 30.6 Å². The molecule has 20 heavy (non-hydrogen) atoms. The second kappa shape index (κ2) is 6.70. The summed E-state index contributed by atoms with van der Waals surface area (Å²) in [6.07, 6.45) is 4.34. The van der Waals surface area contributed by atoms with Gasteiger partial charge >= 0.3 is 0 Å². The number of nitrogens with one attached hydrogen (secondary N) is 1. The van der Waals surface area contributed by atoms with E-state index in [9.17, 15) is 4.79 Å². The van der Waals surface area contributed by atoms with Crippen molar-refractivity contribution in [3.05, 3.63) is 54.4 Å². The van der Waals surface area contributed by atoms with E-state index in [4.69, 9.17) is 4.74 Å². The lowest BCUT2D eigenvalue weighted by atomic mass is 10.2. The van der Waals surface area contributed by atoms with Crippen molar-refractivity contribution in [2.75, 3.05) is 5.32 Å². The maximum atomic E-state index is 12.0. The van der Waals surface area contributed by atoms with Crippen LogP contribution in [0.4, 0.5) is 5.69 Å². The van der Waals surface area contributed by atoms with Gasteiger partial charge in [0.25, 0.3) is 5.91 Å². The van der Waals surface area contributed by atoms with Crippen LogP contribution in [0, 0.1) is 0 Å². The van der Waals surface area contributed by atoms with Crippen molar-refractivity contribution in [1.29, 1.82) is 0 Å². The zero-order valence-electron chi connectivity index (χ0n) is 11.7. The maximum absolute atomic E-state index is 12.0. The topological polar surface area (TPSA) is 51.2 Å². The molecule has 0 spiro atoms. The van der Waals surface area contributed by atoms with Crippen molar-refractivity contribution in [2.24, 2.45) is 0 Å². The fourth-order valence-electron chi connectivity index (χ4n) is 1.64. The predicted molar refractivity (Wildman–Crippen MR) is 79.0 cm³/mol. The molecule has 0 fully saturated rings. The predicted octanol–water partition coefficient (Wildman–Crippen LogP) is 3.51. The summed E-state index contributed by atoms with van der Waals surface area (Å²) in [6, 6.07) is 10.7. The van der Waals surface area contributed by atoms with Gasteiger partial charge in [0, 0.05) is 23.6 Å². The average molecular weight is 270 g/mol. The van der Waals surface area contributed by atoms with Gasteiger partial charge in [-0.25, -0.2) is 0 Å². The van der Waals surface area contributed by atoms with Crippen LogP contribution in [0.15, 0.2) is 48.8 Å². The summed E-state index contributed by atoms with van der Waals surface area (Å²) in [5.41, 5.74) is 1.32. The fraction of sp³-hybridized carbons (Fsp3) is 0.250. The number of pyridine rings is 1. The first-order valence-electron chi connectivity index (χ1n) is 6.67. The third-order valence-electron chi connectivity index (χ3n) is 2.97. The van der Waals surface area contributed by atoms with Crippen molar-refractivity contribution in [3.63, 3.8) is 0 Å². The van der Waals surface area contributed by atoms with E-state index in [1.165, 1.54) is 0 Å². The van der Waals surface area contributed by atoms with Crippen LogP contribution < -0.4 is 10.1 Å². The van der Waals surface area contributed by atoms with E-state index in [-0.39, 0.29) is 12.0 Å². The van der Waals surface area contributed by atoms with E-state index >= 15 is 0 Å². The van der Waals surface area contributed by atoms with Crippen molar-refractivity contribution < 1.29 is 9.53 Å². The summed E-state index contributed by atoms with van der Waals surface area (Å²) in [6.45, 7) is 4.10. The minimum absolute atomic E-state index is 0.150. The molecule has 4 nitrogen and oxygen atoms in total. The third kappa shape index (κ3) is 3.82. The molecule has 1 aromatic carbocycles. The van der Waals surface area contributed by atoms with Crippen molar-refractivity contribution >= 4 is 11.6 Å². The highest BCUT2D eigenvalue weighted by Gasteiger charge is 2.06. The molecule has 1 aromatic heterocycles. The number of rotatable bonds is 5. The summed E-state index contributed by atoms with van der Waals surface area (Å²) >= 11 is 0. The van der Waals surface area contributed by atoms with Crippen LogP contribution in [-0.4, -0.2) is 17.0 Å². The Kier molecular flexibility index (Phi) is 4.71. The smallest absolute Gasteiger partial charge is 0.255 e.